The second-order valence-electron chi connectivity index (χ2n) is 3.36. The molecule has 0 saturated carbocycles. The van der Waals surface area contributed by atoms with Crippen molar-refractivity contribution in [2.24, 2.45) is 0 Å². The van der Waals surface area contributed by atoms with E-state index in [0.717, 1.165) is 12.4 Å². The van der Waals surface area contributed by atoms with Crippen LogP contribution in [-0.4, -0.2) is 9.97 Å². The van der Waals surface area contributed by atoms with Crippen LogP contribution in [0.15, 0.2) is 36.7 Å². The monoisotopic (exact) mass is 231 g/mol. The molecule has 0 aromatic carbocycles. The molecular formula is C12H7F2N3. The van der Waals surface area contributed by atoms with Crippen molar-refractivity contribution in [3.05, 3.63) is 59.7 Å². The highest BCUT2D eigenvalue weighted by molar-refractivity contribution is 5.29. The van der Waals surface area contributed by atoms with Crippen LogP contribution in [-0.2, 0) is 0 Å². The molecule has 2 rings (SSSR count). The third kappa shape index (κ3) is 2.42. The zero-order valence-electron chi connectivity index (χ0n) is 8.64. The Morgan fingerprint density at radius 3 is 1.71 bits per heavy atom. The normalized spacial score (nSPS) is 10.2. The van der Waals surface area contributed by atoms with Gasteiger partial charge in [0.05, 0.1) is 29.9 Å². The summed E-state index contributed by atoms with van der Waals surface area (Å²) in [5.41, 5.74) is 0.765. The Labute approximate surface area is 96.4 Å². The number of halogens is 2. The van der Waals surface area contributed by atoms with Gasteiger partial charge in [-0.25, -0.2) is 8.78 Å². The number of aromatic nitrogens is 2. The molecule has 2 aromatic rings. The van der Waals surface area contributed by atoms with E-state index < -0.39 is 17.6 Å². The maximum atomic E-state index is 12.7. The smallest absolute Gasteiger partial charge is 0.141 e. The van der Waals surface area contributed by atoms with E-state index in [2.05, 4.69) is 9.97 Å². The molecule has 17 heavy (non-hydrogen) atoms. The molecule has 0 fully saturated rings. The number of nitrogens with zero attached hydrogens (tertiary/aromatic N) is 3. The van der Waals surface area contributed by atoms with Crippen LogP contribution in [0.2, 0.25) is 0 Å². The first-order valence-electron chi connectivity index (χ1n) is 4.83. The van der Waals surface area contributed by atoms with Gasteiger partial charge in [-0.15, -0.1) is 0 Å². The van der Waals surface area contributed by atoms with Crippen LogP contribution < -0.4 is 0 Å². The fourth-order valence-electron chi connectivity index (χ4n) is 1.40. The van der Waals surface area contributed by atoms with E-state index in [1.165, 1.54) is 24.3 Å². The van der Waals surface area contributed by atoms with Crippen molar-refractivity contribution in [1.29, 1.82) is 5.26 Å². The molecule has 0 saturated heterocycles. The number of rotatable bonds is 2. The summed E-state index contributed by atoms with van der Waals surface area (Å²) < 4.78 is 25.4. The molecule has 84 valence electrons. The van der Waals surface area contributed by atoms with Gasteiger partial charge in [0.2, 0.25) is 0 Å². The number of hydrogen-bond acceptors (Lipinski definition) is 3. The SMILES string of the molecule is N#CC(c1ccc(F)cn1)c1ccc(F)cn1. The van der Waals surface area contributed by atoms with Gasteiger partial charge >= 0.3 is 0 Å². The summed E-state index contributed by atoms with van der Waals surface area (Å²) in [4.78, 5) is 7.63. The van der Waals surface area contributed by atoms with Gasteiger partial charge in [0.1, 0.15) is 17.6 Å². The molecule has 0 spiro atoms. The quantitative estimate of drug-likeness (QED) is 0.797. The molecule has 0 aliphatic heterocycles. The standard InChI is InChI=1S/C12H7F2N3/c13-8-1-3-11(16-6-8)10(5-15)12-4-2-9(14)7-17-12/h1-4,6-7,10H. The van der Waals surface area contributed by atoms with Crippen molar-refractivity contribution in [3.63, 3.8) is 0 Å². The summed E-state index contributed by atoms with van der Waals surface area (Å²) in [6, 6.07) is 7.26. The third-order valence-electron chi connectivity index (χ3n) is 2.22. The molecule has 5 heteroatoms. The van der Waals surface area contributed by atoms with E-state index in [0.29, 0.717) is 11.4 Å². The van der Waals surface area contributed by atoms with Crippen molar-refractivity contribution in [2.45, 2.75) is 5.92 Å². The first-order valence-corrected chi connectivity index (χ1v) is 4.83. The fraction of sp³-hybridized carbons (Fsp3) is 0.0833. The van der Waals surface area contributed by atoms with E-state index in [1.54, 1.807) is 0 Å². The maximum Gasteiger partial charge on any atom is 0.141 e. The molecule has 0 radical (unpaired) electrons. The lowest BCUT2D eigenvalue weighted by molar-refractivity contribution is 0.616. The minimum atomic E-state index is -0.726. The largest absolute Gasteiger partial charge is 0.256 e. The highest BCUT2D eigenvalue weighted by atomic mass is 19.1. The number of nitriles is 1. The Bertz CT molecular complexity index is 498. The van der Waals surface area contributed by atoms with Crippen molar-refractivity contribution in [2.75, 3.05) is 0 Å². The lowest BCUT2D eigenvalue weighted by Crippen LogP contribution is -2.03. The van der Waals surface area contributed by atoms with Crippen LogP contribution in [0.5, 0.6) is 0 Å². The van der Waals surface area contributed by atoms with Crippen molar-refractivity contribution >= 4 is 0 Å². The van der Waals surface area contributed by atoms with E-state index in [4.69, 9.17) is 5.26 Å². The zero-order chi connectivity index (χ0) is 12.3. The van der Waals surface area contributed by atoms with Gasteiger partial charge in [-0.05, 0) is 24.3 Å². The number of hydrogen-bond donors (Lipinski definition) is 0. The Morgan fingerprint density at radius 2 is 1.41 bits per heavy atom. The summed E-state index contributed by atoms with van der Waals surface area (Å²) >= 11 is 0. The van der Waals surface area contributed by atoms with Crippen molar-refractivity contribution in [1.82, 2.24) is 9.97 Å². The molecule has 0 N–H and O–H groups in total. The highest BCUT2D eigenvalue weighted by Gasteiger charge is 2.16. The van der Waals surface area contributed by atoms with E-state index >= 15 is 0 Å². The summed E-state index contributed by atoms with van der Waals surface area (Å²) in [7, 11) is 0. The van der Waals surface area contributed by atoms with Crippen LogP contribution in [0.4, 0.5) is 8.78 Å². The molecule has 0 amide bonds. The zero-order valence-corrected chi connectivity index (χ0v) is 8.64. The summed E-state index contributed by atoms with van der Waals surface area (Å²) in [5, 5.41) is 9.05. The molecular weight excluding hydrogens is 224 g/mol. The molecule has 0 aliphatic carbocycles. The topological polar surface area (TPSA) is 49.6 Å². The second-order valence-corrected chi connectivity index (χ2v) is 3.36. The Kier molecular flexibility index (Phi) is 3.06. The molecule has 0 unspecified atom stereocenters. The van der Waals surface area contributed by atoms with Crippen LogP contribution >= 0.6 is 0 Å². The average molecular weight is 231 g/mol. The predicted molar refractivity (Wildman–Crippen MR) is 55.8 cm³/mol. The summed E-state index contributed by atoms with van der Waals surface area (Å²) in [6.45, 7) is 0. The Morgan fingerprint density at radius 1 is 0.941 bits per heavy atom. The molecule has 2 heterocycles. The first-order chi connectivity index (χ1) is 8.20. The fourth-order valence-corrected chi connectivity index (χ4v) is 1.40. The highest BCUT2D eigenvalue weighted by Crippen LogP contribution is 2.20. The Balaban J connectivity index is 2.37. The molecule has 0 aliphatic rings. The lowest BCUT2D eigenvalue weighted by atomic mass is 10.0. The molecule has 0 bridgehead atoms. The van der Waals surface area contributed by atoms with Gasteiger partial charge in [0.25, 0.3) is 0 Å². The Hall–Kier alpha value is -2.35. The predicted octanol–water partition coefficient (Wildman–Crippen LogP) is 2.41. The summed E-state index contributed by atoms with van der Waals surface area (Å²) in [5.74, 6) is -1.67. The van der Waals surface area contributed by atoms with Gasteiger partial charge in [-0.1, -0.05) is 0 Å². The first kappa shape index (κ1) is 11.1. The van der Waals surface area contributed by atoms with Crippen LogP contribution in [0.1, 0.15) is 17.3 Å². The summed E-state index contributed by atoms with van der Waals surface area (Å²) in [6.07, 6.45) is 2.06. The molecule has 3 nitrogen and oxygen atoms in total. The third-order valence-corrected chi connectivity index (χ3v) is 2.22. The van der Waals surface area contributed by atoms with Gasteiger partial charge in [0, 0.05) is 0 Å². The van der Waals surface area contributed by atoms with E-state index in [1.807, 2.05) is 6.07 Å². The van der Waals surface area contributed by atoms with Gasteiger partial charge in [0.15, 0.2) is 0 Å². The second kappa shape index (κ2) is 4.66. The van der Waals surface area contributed by atoms with Crippen molar-refractivity contribution < 1.29 is 8.78 Å². The lowest BCUT2D eigenvalue weighted by Gasteiger charge is -2.07. The van der Waals surface area contributed by atoms with Crippen LogP contribution in [0.3, 0.4) is 0 Å². The van der Waals surface area contributed by atoms with Gasteiger partial charge in [-0.3, -0.25) is 9.97 Å². The number of pyridine rings is 2. The van der Waals surface area contributed by atoms with Crippen molar-refractivity contribution in [3.8, 4) is 6.07 Å². The van der Waals surface area contributed by atoms with Gasteiger partial charge in [-0.2, -0.15) is 5.26 Å². The van der Waals surface area contributed by atoms with E-state index in [9.17, 15) is 8.78 Å². The van der Waals surface area contributed by atoms with E-state index in [-0.39, 0.29) is 0 Å². The minimum Gasteiger partial charge on any atom is -0.256 e. The average Bonchev–Trinajstić information content (AvgIpc) is 2.35. The van der Waals surface area contributed by atoms with Crippen LogP contribution in [0, 0.1) is 23.0 Å². The molecule has 0 atom stereocenters. The van der Waals surface area contributed by atoms with Gasteiger partial charge < -0.3 is 0 Å². The maximum absolute atomic E-state index is 12.7. The molecule has 2 aromatic heterocycles. The van der Waals surface area contributed by atoms with Crippen LogP contribution in [0.25, 0.3) is 0 Å². The minimum absolute atomic E-state index is 0.382.